The summed E-state index contributed by atoms with van der Waals surface area (Å²) in [6, 6.07) is 13.3. The molecule has 0 spiro atoms. The van der Waals surface area contributed by atoms with E-state index in [1.54, 1.807) is 32.4 Å². The van der Waals surface area contributed by atoms with E-state index in [1.165, 1.54) is 0 Å². The molecule has 0 unspecified atom stereocenters. The maximum Gasteiger partial charge on any atom is 0.343 e. The number of methoxy groups -OCH3 is 2. The van der Waals surface area contributed by atoms with Crippen molar-refractivity contribution in [3.8, 4) is 11.5 Å². The van der Waals surface area contributed by atoms with Crippen molar-refractivity contribution in [1.29, 1.82) is 0 Å². The molecule has 4 heteroatoms. The molecular formula is C20H18O4. The Hall–Kier alpha value is -3.01. The van der Waals surface area contributed by atoms with Crippen LogP contribution in [0.15, 0.2) is 54.1 Å². The zero-order valence-electron chi connectivity index (χ0n) is 13.8. The highest BCUT2D eigenvalue weighted by molar-refractivity contribution is 6.05. The SMILES string of the molecule is COc1ccc(/C=C2\C=C(c3ccc(C)cc3)OC2=O)cc1OC. The first-order valence-electron chi connectivity index (χ1n) is 7.55. The second kappa shape index (κ2) is 6.62. The molecule has 1 aliphatic heterocycles. The molecule has 0 fully saturated rings. The fourth-order valence-corrected chi connectivity index (χ4v) is 2.47. The third-order valence-electron chi connectivity index (χ3n) is 3.79. The standard InChI is InChI=1S/C20H18O4/c1-13-4-7-15(8-5-13)18-12-16(20(21)24-18)10-14-6-9-17(22-2)19(11-14)23-3/h4-12H,1-3H3/b16-10+. The van der Waals surface area contributed by atoms with Crippen molar-refractivity contribution < 1.29 is 19.0 Å². The van der Waals surface area contributed by atoms with E-state index in [-0.39, 0.29) is 5.97 Å². The summed E-state index contributed by atoms with van der Waals surface area (Å²) in [4.78, 5) is 12.1. The highest BCUT2D eigenvalue weighted by Crippen LogP contribution is 2.31. The Labute approximate surface area is 141 Å². The highest BCUT2D eigenvalue weighted by Gasteiger charge is 2.22. The second-order valence-corrected chi connectivity index (χ2v) is 5.48. The van der Waals surface area contributed by atoms with Crippen LogP contribution in [-0.2, 0) is 9.53 Å². The van der Waals surface area contributed by atoms with Crippen LogP contribution < -0.4 is 9.47 Å². The highest BCUT2D eigenvalue weighted by atomic mass is 16.5. The van der Waals surface area contributed by atoms with E-state index in [4.69, 9.17) is 14.2 Å². The molecule has 0 bridgehead atoms. The monoisotopic (exact) mass is 322 g/mol. The van der Waals surface area contributed by atoms with Crippen LogP contribution in [-0.4, -0.2) is 20.2 Å². The molecule has 2 aromatic carbocycles. The molecule has 0 N–H and O–H groups in total. The normalized spacial score (nSPS) is 15.2. The van der Waals surface area contributed by atoms with Crippen molar-refractivity contribution in [3.63, 3.8) is 0 Å². The average molecular weight is 322 g/mol. The molecule has 4 nitrogen and oxygen atoms in total. The first-order valence-corrected chi connectivity index (χ1v) is 7.55. The number of ether oxygens (including phenoxy) is 3. The number of carbonyl (C=O) groups is 1. The van der Waals surface area contributed by atoms with Crippen molar-refractivity contribution in [2.75, 3.05) is 14.2 Å². The molecule has 0 atom stereocenters. The average Bonchev–Trinajstić information content (AvgIpc) is 2.96. The number of aryl methyl sites for hydroxylation is 1. The number of hydrogen-bond donors (Lipinski definition) is 0. The van der Waals surface area contributed by atoms with E-state index in [2.05, 4.69) is 0 Å². The summed E-state index contributed by atoms with van der Waals surface area (Å²) in [7, 11) is 3.16. The molecule has 1 aliphatic rings. The van der Waals surface area contributed by atoms with Crippen molar-refractivity contribution in [2.45, 2.75) is 6.92 Å². The van der Waals surface area contributed by atoms with Crippen molar-refractivity contribution >= 4 is 17.8 Å². The van der Waals surface area contributed by atoms with Crippen LogP contribution in [0.1, 0.15) is 16.7 Å². The Morgan fingerprint density at radius 1 is 0.958 bits per heavy atom. The third kappa shape index (κ3) is 3.18. The molecule has 0 saturated heterocycles. The lowest BCUT2D eigenvalue weighted by Crippen LogP contribution is -1.97. The molecule has 0 saturated carbocycles. The third-order valence-corrected chi connectivity index (χ3v) is 3.79. The Bertz CT molecular complexity index is 829. The van der Waals surface area contributed by atoms with Crippen LogP contribution >= 0.6 is 0 Å². The van der Waals surface area contributed by atoms with Gasteiger partial charge < -0.3 is 14.2 Å². The molecule has 1 heterocycles. The van der Waals surface area contributed by atoms with Gasteiger partial charge in [-0.2, -0.15) is 0 Å². The molecule has 24 heavy (non-hydrogen) atoms. The lowest BCUT2D eigenvalue weighted by atomic mass is 10.1. The second-order valence-electron chi connectivity index (χ2n) is 5.48. The first kappa shape index (κ1) is 15.9. The number of hydrogen-bond acceptors (Lipinski definition) is 4. The minimum Gasteiger partial charge on any atom is -0.493 e. The predicted molar refractivity (Wildman–Crippen MR) is 92.8 cm³/mol. The van der Waals surface area contributed by atoms with E-state index >= 15 is 0 Å². The number of carbonyl (C=O) groups excluding carboxylic acids is 1. The first-order chi connectivity index (χ1) is 11.6. The number of esters is 1. The topological polar surface area (TPSA) is 44.8 Å². The van der Waals surface area contributed by atoms with E-state index in [1.807, 2.05) is 43.3 Å². The summed E-state index contributed by atoms with van der Waals surface area (Å²) in [6.07, 6.45) is 3.52. The van der Waals surface area contributed by atoms with Gasteiger partial charge in [-0.05, 0) is 36.8 Å². The van der Waals surface area contributed by atoms with Gasteiger partial charge in [0.05, 0.1) is 19.8 Å². The Morgan fingerprint density at radius 2 is 1.67 bits per heavy atom. The minimum absolute atomic E-state index is 0.361. The maximum absolute atomic E-state index is 12.1. The molecule has 0 amide bonds. The fraction of sp³-hybridized carbons (Fsp3) is 0.150. The van der Waals surface area contributed by atoms with E-state index in [0.717, 1.165) is 16.7 Å². The van der Waals surface area contributed by atoms with Crippen molar-refractivity contribution in [2.24, 2.45) is 0 Å². The summed E-state index contributed by atoms with van der Waals surface area (Å²) in [5, 5.41) is 0. The van der Waals surface area contributed by atoms with E-state index < -0.39 is 0 Å². The van der Waals surface area contributed by atoms with Gasteiger partial charge in [-0.15, -0.1) is 0 Å². The van der Waals surface area contributed by atoms with Crippen LogP contribution in [0.25, 0.3) is 11.8 Å². The van der Waals surface area contributed by atoms with Crippen molar-refractivity contribution in [1.82, 2.24) is 0 Å². The van der Waals surface area contributed by atoms with Crippen LogP contribution in [0, 0.1) is 6.92 Å². The Kier molecular flexibility index (Phi) is 4.38. The Balaban J connectivity index is 1.92. The zero-order chi connectivity index (χ0) is 17.1. The molecule has 0 aliphatic carbocycles. The van der Waals surface area contributed by atoms with Gasteiger partial charge in [0.1, 0.15) is 5.76 Å². The lowest BCUT2D eigenvalue weighted by Gasteiger charge is -2.07. The van der Waals surface area contributed by atoms with Crippen LogP contribution in [0.2, 0.25) is 0 Å². The zero-order valence-corrected chi connectivity index (χ0v) is 13.8. The summed E-state index contributed by atoms with van der Waals surface area (Å²) in [6.45, 7) is 2.02. The molecule has 122 valence electrons. The maximum atomic E-state index is 12.1. The number of rotatable bonds is 4. The smallest absolute Gasteiger partial charge is 0.343 e. The van der Waals surface area contributed by atoms with Crippen LogP contribution in [0.3, 0.4) is 0 Å². The van der Waals surface area contributed by atoms with Gasteiger partial charge in [-0.1, -0.05) is 35.9 Å². The van der Waals surface area contributed by atoms with Gasteiger partial charge in [-0.3, -0.25) is 0 Å². The lowest BCUT2D eigenvalue weighted by molar-refractivity contribution is -0.130. The molecule has 3 rings (SSSR count). The largest absolute Gasteiger partial charge is 0.493 e. The molecule has 0 radical (unpaired) electrons. The van der Waals surface area contributed by atoms with Gasteiger partial charge in [0, 0.05) is 5.56 Å². The number of benzene rings is 2. The fourth-order valence-electron chi connectivity index (χ4n) is 2.47. The Morgan fingerprint density at radius 3 is 2.33 bits per heavy atom. The van der Waals surface area contributed by atoms with Crippen molar-refractivity contribution in [3.05, 3.63) is 70.8 Å². The van der Waals surface area contributed by atoms with Gasteiger partial charge in [-0.25, -0.2) is 4.79 Å². The molecule has 0 aromatic heterocycles. The van der Waals surface area contributed by atoms with Gasteiger partial charge in [0.25, 0.3) is 0 Å². The summed E-state index contributed by atoms with van der Waals surface area (Å²) in [5.74, 6) is 1.46. The summed E-state index contributed by atoms with van der Waals surface area (Å²) in [5.41, 5.74) is 3.37. The van der Waals surface area contributed by atoms with Crippen LogP contribution in [0.5, 0.6) is 11.5 Å². The summed E-state index contributed by atoms with van der Waals surface area (Å²) >= 11 is 0. The van der Waals surface area contributed by atoms with Gasteiger partial charge >= 0.3 is 5.97 Å². The van der Waals surface area contributed by atoms with Gasteiger partial charge in [0.2, 0.25) is 0 Å². The van der Waals surface area contributed by atoms with E-state index in [0.29, 0.717) is 22.8 Å². The van der Waals surface area contributed by atoms with E-state index in [9.17, 15) is 4.79 Å². The molecule has 2 aromatic rings. The molecular weight excluding hydrogens is 304 g/mol. The minimum atomic E-state index is -0.361. The van der Waals surface area contributed by atoms with Crippen LogP contribution in [0.4, 0.5) is 0 Å². The summed E-state index contributed by atoms with van der Waals surface area (Å²) < 4.78 is 15.9. The number of cyclic esters (lactones) is 1. The quantitative estimate of drug-likeness (QED) is 0.630. The predicted octanol–water partition coefficient (Wildman–Crippen LogP) is 3.99. The van der Waals surface area contributed by atoms with Gasteiger partial charge in [0.15, 0.2) is 11.5 Å².